The second-order valence-electron chi connectivity index (χ2n) is 5.60. The Hall–Kier alpha value is -2.93. The number of aromatic nitrogens is 4. The first-order valence-corrected chi connectivity index (χ1v) is 8.40. The quantitative estimate of drug-likeness (QED) is 0.671. The molecule has 6 nitrogen and oxygen atoms in total. The van der Waals surface area contributed by atoms with Crippen molar-refractivity contribution < 1.29 is 9.18 Å². The summed E-state index contributed by atoms with van der Waals surface area (Å²) in [6, 6.07) is 6.11. The van der Waals surface area contributed by atoms with Gasteiger partial charge in [0.05, 0.1) is 12.7 Å². The van der Waals surface area contributed by atoms with Crippen LogP contribution < -0.4 is 5.32 Å². The van der Waals surface area contributed by atoms with E-state index in [4.69, 9.17) is 11.6 Å². The van der Waals surface area contributed by atoms with Gasteiger partial charge < -0.3 is 5.32 Å². The van der Waals surface area contributed by atoms with E-state index in [1.54, 1.807) is 40.0 Å². The van der Waals surface area contributed by atoms with Crippen molar-refractivity contribution in [3.8, 4) is 0 Å². The Morgan fingerprint density at radius 3 is 2.73 bits per heavy atom. The van der Waals surface area contributed by atoms with E-state index in [0.717, 1.165) is 17.7 Å². The Labute approximate surface area is 154 Å². The molecule has 26 heavy (non-hydrogen) atoms. The summed E-state index contributed by atoms with van der Waals surface area (Å²) in [6.07, 6.45) is 8.19. The number of halogens is 2. The van der Waals surface area contributed by atoms with Crippen molar-refractivity contribution in [2.24, 2.45) is 0 Å². The number of hydrogen-bond donors (Lipinski definition) is 1. The number of benzene rings is 1. The van der Waals surface area contributed by atoms with Crippen molar-refractivity contribution >= 4 is 29.4 Å². The van der Waals surface area contributed by atoms with Crippen LogP contribution in [-0.2, 0) is 17.9 Å². The minimum absolute atomic E-state index is 0.271. The molecular formula is C18H17ClFN5O. The Morgan fingerprint density at radius 1 is 1.27 bits per heavy atom. The van der Waals surface area contributed by atoms with E-state index in [1.165, 1.54) is 18.2 Å². The summed E-state index contributed by atoms with van der Waals surface area (Å²) < 4.78 is 16.3. The number of hydrogen-bond acceptors (Lipinski definition) is 3. The van der Waals surface area contributed by atoms with Crippen molar-refractivity contribution in [2.75, 3.05) is 5.32 Å². The lowest BCUT2D eigenvalue weighted by Crippen LogP contribution is -2.09. The fourth-order valence-corrected chi connectivity index (χ4v) is 2.51. The second-order valence-corrected chi connectivity index (χ2v) is 6.01. The van der Waals surface area contributed by atoms with E-state index >= 15 is 0 Å². The lowest BCUT2D eigenvalue weighted by Gasteiger charge is -2.01. The topological polar surface area (TPSA) is 64.7 Å². The Bertz CT molecular complexity index is 929. The summed E-state index contributed by atoms with van der Waals surface area (Å²) >= 11 is 6.12. The zero-order valence-electron chi connectivity index (χ0n) is 14.1. The van der Waals surface area contributed by atoms with E-state index < -0.39 is 0 Å². The van der Waals surface area contributed by atoms with Gasteiger partial charge in [-0.25, -0.2) is 4.39 Å². The average molecular weight is 374 g/mol. The Kier molecular flexibility index (Phi) is 5.48. The van der Waals surface area contributed by atoms with E-state index in [-0.39, 0.29) is 17.5 Å². The highest BCUT2D eigenvalue weighted by Crippen LogP contribution is 2.20. The van der Waals surface area contributed by atoms with Gasteiger partial charge in [0.2, 0.25) is 5.91 Å². The summed E-state index contributed by atoms with van der Waals surface area (Å²) in [7, 11) is 0. The number of aryl methyl sites for hydroxylation is 1. The largest absolute Gasteiger partial charge is 0.304 e. The molecule has 0 aliphatic rings. The molecule has 0 saturated carbocycles. The van der Waals surface area contributed by atoms with Crippen molar-refractivity contribution in [3.05, 3.63) is 70.9 Å². The minimum Gasteiger partial charge on any atom is -0.304 e. The van der Waals surface area contributed by atoms with Crippen LogP contribution >= 0.6 is 11.6 Å². The van der Waals surface area contributed by atoms with Crippen LogP contribution in [-0.4, -0.2) is 25.5 Å². The first-order valence-electron chi connectivity index (χ1n) is 8.02. The molecule has 0 aliphatic carbocycles. The van der Waals surface area contributed by atoms with E-state index in [2.05, 4.69) is 15.5 Å². The number of nitrogens with zero attached hydrogens (tertiary/aromatic N) is 4. The summed E-state index contributed by atoms with van der Waals surface area (Å²) in [5.41, 5.74) is 1.70. The smallest absolute Gasteiger partial charge is 0.249 e. The number of nitrogens with one attached hydrogen (secondary N) is 1. The van der Waals surface area contributed by atoms with Gasteiger partial charge in [0, 0.05) is 30.6 Å². The monoisotopic (exact) mass is 373 g/mol. The highest BCUT2D eigenvalue weighted by Gasteiger charge is 2.09. The lowest BCUT2D eigenvalue weighted by atomic mass is 10.2. The van der Waals surface area contributed by atoms with E-state index in [1.807, 2.05) is 13.1 Å². The molecule has 0 fully saturated rings. The van der Waals surface area contributed by atoms with Crippen LogP contribution in [0.1, 0.15) is 18.1 Å². The van der Waals surface area contributed by atoms with Gasteiger partial charge >= 0.3 is 0 Å². The third-order valence-corrected chi connectivity index (χ3v) is 3.90. The summed E-state index contributed by atoms with van der Waals surface area (Å²) in [5.74, 6) is -0.368. The molecule has 134 valence electrons. The average Bonchev–Trinajstić information content (AvgIpc) is 3.22. The molecule has 2 heterocycles. The van der Waals surface area contributed by atoms with Gasteiger partial charge in [-0.15, -0.1) is 0 Å². The second kappa shape index (κ2) is 7.97. The van der Waals surface area contributed by atoms with Crippen LogP contribution in [0.5, 0.6) is 0 Å². The van der Waals surface area contributed by atoms with Gasteiger partial charge in [-0.3, -0.25) is 14.2 Å². The number of amides is 1. The van der Waals surface area contributed by atoms with Crippen molar-refractivity contribution in [3.63, 3.8) is 0 Å². The fourth-order valence-electron chi connectivity index (χ4n) is 2.31. The van der Waals surface area contributed by atoms with Crippen molar-refractivity contribution in [1.82, 2.24) is 19.6 Å². The number of rotatable bonds is 6. The predicted molar refractivity (Wildman–Crippen MR) is 98.3 cm³/mol. The summed E-state index contributed by atoms with van der Waals surface area (Å²) in [4.78, 5) is 12.0. The normalized spacial score (nSPS) is 11.2. The maximum absolute atomic E-state index is 13.0. The molecule has 0 aliphatic heterocycles. The fraction of sp³-hybridized carbons (Fsp3) is 0.167. The molecule has 1 amide bonds. The van der Waals surface area contributed by atoms with Crippen molar-refractivity contribution in [2.45, 2.75) is 20.0 Å². The van der Waals surface area contributed by atoms with Gasteiger partial charge in [0.1, 0.15) is 10.8 Å². The SMILES string of the molecule is CCn1cc(/C=C/C(=O)Nc2nn(Cc3ccc(F)cc3)cc2Cl)cn1. The van der Waals surface area contributed by atoms with Gasteiger partial charge in [0.25, 0.3) is 0 Å². The van der Waals surface area contributed by atoms with Gasteiger partial charge in [0.15, 0.2) is 5.82 Å². The van der Waals surface area contributed by atoms with Crippen LogP contribution in [0.4, 0.5) is 10.2 Å². The maximum Gasteiger partial charge on any atom is 0.249 e. The first-order chi connectivity index (χ1) is 12.5. The summed E-state index contributed by atoms with van der Waals surface area (Å²) in [6.45, 7) is 3.17. The van der Waals surface area contributed by atoms with Crippen LogP contribution in [0.25, 0.3) is 6.08 Å². The molecule has 0 bridgehead atoms. The molecule has 3 rings (SSSR count). The van der Waals surface area contributed by atoms with E-state index in [0.29, 0.717) is 11.6 Å². The molecule has 0 atom stereocenters. The first kappa shape index (κ1) is 17.9. The third-order valence-electron chi connectivity index (χ3n) is 3.62. The van der Waals surface area contributed by atoms with Gasteiger partial charge in [-0.05, 0) is 30.7 Å². The van der Waals surface area contributed by atoms with Crippen LogP contribution in [0, 0.1) is 5.82 Å². The molecular weight excluding hydrogens is 357 g/mol. The highest BCUT2D eigenvalue weighted by molar-refractivity contribution is 6.33. The van der Waals surface area contributed by atoms with Crippen molar-refractivity contribution in [1.29, 1.82) is 0 Å². The Morgan fingerprint density at radius 2 is 2.04 bits per heavy atom. The molecule has 3 aromatic rings. The zero-order chi connectivity index (χ0) is 18.5. The van der Waals surface area contributed by atoms with Crippen LogP contribution in [0.3, 0.4) is 0 Å². The number of carbonyl (C=O) groups is 1. The van der Waals surface area contributed by atoms with E-state index in [9.17, 15) is 9.18 Å². The molecule has 0 saturated heterocycles. The lowest BCUT2D eigenvalue weighted by molar-refractivity contribution is -0.111. The molecule has 0 spiro atoms. The predicted octanol–water partition coefficient (Wildman–Crippen LogP) is 3.59. The zero-order valence-corrected chi connectivity index (χ0v) is 14.8. The van der Waals surface area contributed by atoms with Gasteiger partial charge in [-0.1, -0.05) is 23.7 Å². The number of carbonyl (C=O) groups excluding carboxylic acids is 1. The Balaban J connectivity index is 1.63. The molecule has 0 radical (unpaired) electrons. The standard InChI is InChI=1S/C18H17ClFN5O/c1-2-24-11-14(9-21-24)5-8-17(26)22-18-16(19)12-25(23-18)10-13-3-6-15(20)7-4-13/h3-9,11-12H,2,10H2,1H3,(H,22,23,26)/b8-5+. The van der Waals surface area contributed by atoms with Crippen LogP contribution in [0.15, 0.2) is 48.9 Å². The number of anilines is 1. The molecule has 2 aromatic heterocycles. The van der Waals surface area contributed by atoms with Crippen LogP contribution in [0.2, 0.25) is 5.02 Å². The molecule has 8 heteroatoms. The van der Waals surface area contributed by atoms with Gasteiger partial charge in [-0.2, -0.15) is 10.2 Å². The molecule has 1 N–H and O–H groups in total. The maximum atomic E-state index is 13.0. The minimum atomic E-state index is -0.344. The summed E-state index contributed by atoms with van der Waals surface area (Å²) in [5, 5.41) is 11.3. The highest BCUT2D eigenvalue weighted by atomic mass is 35.5. The molecule has 1 aromatic carbocycles. The molecule has 0 unspecified atom stereocenters. The third kappa shape index (κ3) is 4.58.